The minimum atomic E-state index is 0.198. The van der Waals surface area contributed by atoms with E-state index >= 15 is 0 Å². The van der Waals surface area contributed by atoms with Gasteiger partial charge in [-0.2, -0.15) is 5.10 Å². The van der Waals surface area contributed by atoms with E-state index in [1.54, 1.807) is 20.5 Å². The first-order chi connectivity index (χ1) is 14.1. The normalized spacial score (nSPS) is 14.7. The van der Waals surface area contributed by atoms with Crippen LogP contribution in [0.15, 0.2) is 41.0 Å². The first-order valence-electron chi connectivity index (χ1n) is 10.1. The van der Waals surface area contributed by atoms with Crippen molar-refractivity contribution in [1.29, 1.82) is 0 Å². The second kappa shape index (κ2) is 8.33. The number of hydrogen-bond acceptors (Lipinski definition) is 5. The molecule has 1 unspecified atom stereocenters. The van der Waals surface area contributed by atoms with Crippen LogP contribution in [0.2, 0.25) is 0 Å². The lowest BCUT2D eigenvalue weighted by Crippen LogP contribution is -2.25. The van der Waals surface area contributed by atoms with Gasteiger partial charge in [0.05, 0.1) is 20.0 Å². The van der Waals surface area contributed by atoms with Crippen molar-refractivity contribution in [1.82, 2.24) is 9.78 Å². The van der Waals surface area contributed by atoms with Crippen molar-refractivity contribution in [3.05, 3.63) is 59.2 Å². The molecule has 0 N–H and O–H groups in total. The Labute approximate surface area is 172 Å². The summed E-state index contributed by atoms with van der Waals surface area (Å²) in [7, 11) is 5.50. The first kappa shape index (κ1) is 19.6. The standard InChI is InChI=1S/C23H29N3O3/c1-16-13-18(28-4)9-10-21(16)26-11-5-8-20-22(25(2)24-23(20)26)17(15-27-3)14-19-7-6-12-29-19/h6-7,9-10,12-13,17H,5,8,11,14-15H2,1-4H3. The van der Waals surface area contributed by atoms with E-state index in [1.807, 2.05) is 29.9 Å². The number of rotatable bonds is 7. The molecule has 1 aliphatic heterocycles. The van der Waals surface area contributed by atoms with Crippen LogP contribution in [-0.4, -0.2) is 37.2 Å². The lowest BCUT2D eigenvalue weighted by molar-refractivity contribution is 0.173. The predicted octanol–water partition coefficient (Wildman–Crippen LogP) is 4.39. The van der Waals surface area contributed by atoms with E-state index < -0.39 is 0 Å². The Morgan fingerprint density at radius 3 is 2.79 bits per heavy atom. The van der Waals surface area contributed by atoms with Crippen LogP contribution in [0.3, 0.4) is 0 Å². The quantitative estimate of drug-likeness (QED) is 0.594. The Hall–Kier alpha value is -2.73. The van der Waals surface area contributed by atoms with Crippen molar-refractivity contribution < 1.29 is 13.9 Å². The van der Waals surface area contributed by atoms with Gasteiger partial charge in [-0.1, -0.05) is 0 Å². The molecule has 0 fully saturated rings. The van der Waals surface area contributed by atoms with Crippen molar-refractivity contribution >= 4 is 11.5 Å². The Kier molecular flexibility index (Phi) is 5.62. The maximum atomic E-state index is 5.61. The second-order valence-electron chi connectivity index (χ2n) is 7.65. The first-order valence-corrected chi connectivity index (χ1v) is 10.1. The molecule has 0 saturated heterocycles. The van der Waals surface area contributed by atoms with Gasteiger partial charge in [0.1, 0.15) is 11.5 Å². The predicted molar refractivity (Wildman–Crippen MR) is 113 cm³/mol. The van der Waals surface area contributed by atoms with Gasteiger partial charge in [0.25, 0.3) is 0 Å². The number of methoxy groups -OCH3 is 2. The van der Waals surface area contributed by atoms with Crippen LogP contribution in [-0.2, 0) is 24.6 Å². The van der Waals surface area contributed by atoms with Crippen LogP contribution in [0.5, 0.6) is 5.75 Å². The molecule has 0 amide bonds. The average Bonchev–Trinajstić information content (AvgIpc) is 3.34. The molecule has 2 aromatic heterocycles. The van der Waals surface area contributed by atoms with Crippen LogP contribution < -0.4 is 9.64 Å². The van der Waals surface area contributed by atoms with E-state index in [0.29, 0.717) is 6.61 Å². The Bertz CT molecular complexity index is 962. The fraction of sp³-hybridized carbons (Fsp3) is 0.435. The Morgan fingerprint density at radius 1 is 1.24 bits per heavy atom. The molecular weight excluding hydrogens is 366 g/mol. The molecular formula is C23H29N3O3. The molecule has 6 nitrogen and oxygen atoms in total. The topological polar surface area (TPSA) is 52.7 Å². The molecule has 0 spiro atoms. The smallest absolute Gasteiger partial charge is 0.158 e. The molecule has 4 rings (SSSR count). The van der Waals surface area contributed by atoms with E-state index in [-0.39, 0.29) is 5.92 Å². The third-order valence-corrected chi connectivity index (χ3v) is 5.71. The van der Waals surface area contributed by atoms with Crippen molar-refractivity contribution in [2.24, 2.45) is 7.05 Å². The molecule has 0 radical (unpaired) electrons. The van der Waals surface area contributed by atoms with Crippen molar-refractivity contribution in [2.45, 2.75) is 32.1 Å². The zero-order valence-corrected chi connectivity index (χ0v) is 17.6. The number of furan rings is 1. The number of hydrogen-bond donors (Lipinski definition) is 0. The number of fused-ring (bicyclic) bond motifs is 1. The number of aryl methyl sites for hydroxylation is 2. The summed E-state index contributed by atoms with van der Waals surface area (Å²) >= 11 is 0. The number of aromatic nitrogens is 2. The molecule has 3 heterocycles. The number of anilines is 2. The summed E-state index contributed by atoms with van der Waals surface area (Å²) in [6, 6.07) is 10.2. The third kappa shape index (κ3) is 3.77. The maximum absolute atomic E-state index is 5.61. The van der Waals surface area contributed by atoms with Crippen LogP contribution in [0.4, 0.5) is 11.5 Å². The van der Waals surface area contributed by atoms with Crippen molar-refractivity contribution in [3.63, 3.8) is 0 Å². The van der Waals surface area contributed by atoms with Crippen LogP contribution in [0, 0.1) is 6.92 Å². The van der Waals surface area contributed by atoms with Crippen LogP contribution in [0.25, 0.3) is 0 Å². The second-order valence-corrected chi connectivity index (χ2v) is 7.65. The molecule has 0 saturated carbocycles. The molecule has 1 atom stereocenters. The Morgan fingerprint density at radius 2 is 2.10 bits per heavy atom. The molecule has 3 aromatic rings. The molecule has 1 aliphatic rings. The van der Waals surface area contributed by atoms with Crippen molar-refractivity contribution in [3.8, 4) is 5.75 Å². The minimum Gasteiger partial charge on any atom is -0.497 e. The maximum Gasteiger partial charge on any atom is 0.158 e. The monoisotopic (exact) mass is 395 g/mol. The van der Waals surface area contributed by atoms with E-state index in [2.05, 4.69) is 24.0 Å². The molecule has 6 heteroatoms. The van der Waals surface area contributed by atoms with Crippen LogP contribution >= 0.6 is 0 Å². The van der Waals surface area contributed by atoms with Crippen molar-refractivity contribution in [2.75, 3.05) is 32.3 Å². The summed E-state index contributed by atoms with van der Waals surface area (Å²) in [6.45, 7) is 3.72. The summed E-state index contributed by atoms with van der Waals surface area (Å²) < 4.78 is 18.6. The lowest BCUT2D eigenvalue weighted by Gasteiger charge is -2.30. The average molecular weight is 396 g/mol. The van der Waals surface area contributed by atoms with Gasteiger partial charge in [-0.25, -0.2) is 0 Å². The zero-order valence-electron chi connectivity index (χ0n) is 17.6. The van der Waals surface area contributed by atoms with E-state index in [4.69, 9.17) is 19.0 Å². The lowest BCUT2D eigenvalue weighted by atomic mass is 9.93. The van der Waals surface area contributed by atoms with E-state index in [1.165, 1.54) is 22.5 Å². The SMILES string of the molecule is COCC(Cc1ccco1)c1c2c(nn1C)N(c1ccc(OC)cc1C)CCC2. The van der Waals surface area contributed by atoms with Gasteiger partial charge >= 0.3 is 0 Å². The van der Waals surface area contributed by atoms with Gasteiger partial charge in [-0.3, -0.25) is 4.68 Å². The van der Waals surface area contributed by atoms with Gasteiger partial charge in [0.2, 0.25) is 0 Å². The van der Waals surface area contributed by atoms with Gasteiger partial charge in [-0.05, 0) is 55.7 Å². The fourth-order valence-corrected chi connectivity index (χ4v) is 4.45. The highest BCUT2D eigenvalue weighted by Crippen LogP contribution is 2.39. The zero-order chi connectivity index (χ0) is 20.4. The molecule has 29 heavy (non-hydrogen) atoms. The largest absolute Gasteiger partial charge is 0.497 e. The molecule has 0 bridgehead atoms. The third-order valence-electron chi connectivity index (χ3n) is 5.71. The molecule has 1 aromatic carbocycles. The van der Waals surface area contributed by atoms with Gasteiger partial charge in [-0.15, -0.1) is 0 Å². The summed E-state index contributed by atoms with van der Waals surface area (Å²) in [4.78, 5) is 2.34. The summed E-state index contributed by atoms with van der Waals surface area (Å²) in [5.74, 6) is 3.11. The van der Waals surface area contributed by atoms with Crippen LogP contribution in [0.1, 0.15) is 34.9 Å². The van der Waals surface area contributed by atoms with E-state index in [9.17, 15) is 0 Å². The van der Waals surface area contributed by atoms with Gasteiger partial charge in [0, 0.05) is 50.0 Å². The number of ether oxygens (including phenoxy) is 2. The highest BCUT2D eigenvalue weighted by Gasteiger charge is 2.30. The Balaban J connectivity index is 1.72. The fourth-order valence-electron chi connectivity index (χ4n) is 4.45. The summed E-state index contributed by atoms with van der Waals surface area (Å²) in [6.07, 6.45) is 4.65. The molecule has 0 aliphatic carbocycles. The number of benzene rings is 1. The highest BCUT2D eigenvalue weighted by atomic mass is 16.5. The van der Waals surface area contributed by atoms with Gasteiger partial charge < -0.3 is 18.8 Å². The summed E-state index contributed by atoms with van der Waals surface area (Å²) in [5, 5.41) is 4.95. The number of nitrogens with zero attached hydrogens (tertiary/aromatic N) is 3. The summed E-state index contributed by atoms with van der Waals surface area (Å²) in [5.41, 5.74) is 4.94. The minimum absolute atomic E-state index is 0.198. The highest BCUT2D eigenvalue weighted by molar-refractivity contribution is 5.69. The van der Waals surface area contributed by atoms with Gasteiger partial charge in [0.15, 0.2) is 5.82 Å². The molecule has 154 valence electrons. The van der Waals surface area contributed by atoms with E-state index in [0.717, 1.165) is 43.1 Å².